The number of ether oxygens (including phenoxy) is 1. The Balaban J connectivity index is 1.91. The van der Waals surface area contributed by atoms with Crippen LogP contribution in [0.4, 0.5) is 11.4 Å². The van der Waals surface area contributed by atoms with Crippen molar-refractivity contribution >= 4 is 35.0 Å². The number of thioether (sulfide) groups is 1. The van der Waals surface area contributed by atoms with Gasteiger partial charge in [0.2, 0.25) is 5.91 Å². The second-order valence-corrected chi connectivity index (χ2v) is 5.99. The third kappa shape index (κ3) is 5.32. The molecular weight excluding hydrogens is 344 g/mol. The van der Waals surface area contributed by atoms with E-state index in [1.54, 1.807) is 36.4 Å². The van der Waals surface area contributed by atoms with Crippen LogP contribution in [0, 0.1) is 10.1 Å². The number of hydrogen-bond acceptors (Lipinski definition) is 6. The highest BCUT2D eigenvalue weighted by Gasteiger charge is 2.13. The topological polar surface area (TPSA) is 98.5 Å². The average Bonchev–Trinajstić information content (AvgIpc) is 2.61. The van der Waals surface area contributed by atoms with Crippen LogP contribution in [0.2, 0.25) is 0 Å². The predicted octanol–water partition coefficient (Wildman–Crippen LogP) is 3.25. The SMILES string of the molecule is COC(=O)c1ccccc1NC(=O)CSCc1cccc([N+](=O)[O-])c1. The summed E-state index contributed by atoms with van der Waals surface area (Å²) in [5.41, 5.74) is 1.45. The van der Waals surface area contributed by atoms with E-state index in [-0.39, 0.29) is 22.9 Å². The van der Waals surface area contributed by atoms with Crippen LogP contribution in [0.5, 0.6) is 0 Å². The summed E-state index contributed by atoms with van der Waals surface area (Å²) in [5.74, 6) is -0.182. The molecule has 0 fully saturated rings. The van der Waals surface area contributed by atoms with Crippen molar-refractivity contribution in [1.82, 2.24) is 0 Å². The lowest BCUT2D eigenvalue weighted by atomic mass is 10.2. The van der Waals surface area contributed by atoms with Crippen molar-refractivity contribution in [2.24, 2.45) is 0 Å². The fraction of sp³-hybridized carbons (Fsp3) is 0.176. The number of rotatable bonds is 7. The van der Waals surface area contributed by atoms with Crippen LogP contribution >= 0.6 is 11.8 Å². The maximum Gasteiger partial charge on any atom is 0.339 e. The summed E-state index contributed by atoms with van der Waals surface area (Å²) in [4.78, 5) is 34.0. The van der Waals surface area contributed by atoms with E-state index in [1.165, 1.54) is 31.0 Å². The zero-order valence-corrected chi connectivity index (χ0v) is 14.2. The summed E-state index contributed by atoms with van der Waals surface area (Å²) in [6, 6.07) is 12.9. The predicted molar refractivity (Wildman–Crippen MR) is 95.7 cm³/mol. The van der Waals surface area contributed by atoms with Crippen molar-refractivity contribution < 1.29 is 19.2 Å². The number of benzene rings is 2. The molecule has 0 aliphatic carbocycles. The van der Waals surface area contributed by atoms with Crippen LogP contribution in [0.25, 0.3) is 0 Å². The molecule has 0 heterocycles. The lowest BCUT2D eigenvalue weighted by molar-refractivity contribution is -0.384. The van der Waals surface area contributed by atoms with Crippen molar-refractivity contribution in [2.45, 2.75) is 5.75 Å². The first-order valence-electron chi connectivity index (χ1n) is 7.29. The molecule has 0 saturated carbocycles. The second kappa shape index (κ2) is 8.84. The first-order chi connectivity index (χ1) is 12.0. The van der Waals surface area contributed by atoms with Gasteiger partial charge in [-0.3, -0.25) is 14.9 Å². The number of esters is 1. The molecule has 8 heteroatoms. The number of methoxy groups -OCH3 is 1. The van der Waals surface area contributed by atoms with Crippen LogP contribution in [0.15, 0.2) is 48.5 Å². The van der Waals surface area contributed by atoms with E-state index in [0.29, 0.717) is 11.4 Å². The van der Waals surface area contributed by atoms with E-state index in [0.717, 1.165) is 5.56 Å². The van der Waals surface area contributed by atoms with E-state index in [9.17, 15) is 19.7 Å². The van der Waals surface area contributed by atoms with Crippen LogP contribution in [-0.4, -0.2) is 29.7 Å². The van der Waals surface area contributed by atoms with Gasteiger partial charge in [0.1, 0.15) is 0 Å². The molecule has 2 aromatic rings. The van der Waals surface area contributed by atoms with Gasteiger partial charge >= 0.3 is 5.97 Å². The van der Waals surface area contributed by atoms with Gasteiger partial charge in [-0.1, -0.05) is 24.3 Å². The normalized spacial score (nSPS) is 10.1. The number of nitro benzene ring substituents is 1. The Morgan fingerprint density at radius 2 is 1.96 bits per heavy atom. The van der Waals surface area contributed by atoms with E-state index in [2.05, 4.69) is 10.1 Å². The lowest BCUT2D eigenvalue weighted by Gasteiger charge is -2.09. The fourth-order valence-electron chi connectivity index (χ4n) is 2.09. The van der Waals surface area contributed by atoms with Gasteiger partial charge in [0.15, 0.2) is 0 Å². The zero-order chi connectivity index (χ0) is 18.2. The Kier molecular flexibility index (Phi) is 6.53. The summed E-state index contributed by atoms with van der Waals surface area (Å²) < 4.78 is 4.68. The van der Waals surface area contributed by atoms with Crippen LogP contribution in [0.1, 0.15) is 15.9 Å². The van der Waals surface area contributed by atoms with Crippen molar-refractivity contribution in [1.29, 1.82) is 0 Å². The molecule has 1 amide bonds. The largest absolute Gasteiger partial charge is 0.465 e. The molecule has 7 nitrogen and oxygen atoms in total. The summed E-state index contributed by atoms with van der Waals surface area (Å²) in [7, 11) is 1.27. The van der Waals surface area contributed by atoms with Crippen LogP contribution < -0.4 is 5.32 Å². The first-order valence-corrected chi connectivity index (χ1v) is 8.45. The Bertz CT molecular complexity index is 794. The van der Waals surface area contributed by atoms with E-state index in [1.807, 2.05) is 0 Å². The van der Waals surface area contributed by atoms with Crippen molar-refractivity contribution in [3.63, 3.8) is 0 Å². The van der Waals surface area contributed by atoms with Gasteiger partial charge in [0.05, 0.1) is 29.0 Å². The fourth-order valence-corrected chi connectivity index (χ4v) is 2.86. The first kappa shape index (κ1) is 18.5. The van der Waals surface area contributed by atoms with Gasteiger partial charge in [-0.25, -0.2) is 4.79 Å². The zero-order valence-electron chi connectivity index (χ0n) is 13.4. The standard InChI is InChI=1S/C17H16N2O5S/c1-24-17(21)14-7-2-3-8-15(14)18-16(20)11-25-10-12-5-4-6-13(9-12)19(22)23/h2-9H,10-11H2,1H3,(H,18,20). The van der Waals surface area contributed by atoms with Crippen LogP contribution in [0.3, 0.4) is 0 Å². The molecule has 0 aliphatic rings. The highest BCUT2D eigenvalue weighted by molar-refractivity contribution is 7.99. The van der Waals surface area contributed by atoms with Gasteiger partial charge in [-0.2, -0.15) is 0 Å². The molecule has 130 valence electrons. The monoisotopic (exact) mass is 360 g/mol. The number of non-ortho nitro benzene ring substituents is 1. The second-order valence-electron chi connectivity index (χ2n) is 5.01. The molecule has 25 heavy (non-hydrogen) atoms. The Morgan fingerprint density at radius 3 is 2.68 bits per heavy atom. The van der Waals surface area contributed by atoms with Gasteiger partial charge in [-0.05, 0) is 17.7 Å². The summed E-state index contributed by atoms with van der Waals surface area (Å²) >= 11 is 1.32. The molecule has 0 unspecified atom stereocenters. The highest BCUT2D eigenvalue weighted by atomic mass is 32.2. The van der Waals surface area contributed by atoms with Crippen molar-refractivity contribution in [2.75, 3.05) is 18.2 Å². The molecule has 0 radical (unpaired) electrons. The Labute approximate surface area is 148 Å². The average molecular weight is 360 g/mol. The molecular formula is C17H16N2O5S. The number of amides is 1. The minimum atomic E-state index is -0.528. The number of anilines is 1. The molecule has 0 atom stereocenters. The molecule has 0 spiro atoms. The minimum Gasteiger partial charge on any atom is -0.465 e. The number of carbonyl (C=O) groups excluding carboxylic acids is 2. The van der Waals surface area contributed by atoms with E-state index < -0.39 is 10.9 Å². The van der Waals surface area contributed by atoms with E-state index in [4.69, 9.17) is 0 Å². The number of nitrogens with one attached hydrogen (secondary N) is 1. The summed E-state index contributed by atoms with van der Waals surface area (Å²) in [6.07, 6.45) is 0. The molecule has 0 saturated heterocycles. The highest BCUT2D eigenvalue weighted by Crippen LogP contribution is 2.19. The van der Waals surface area contributed by atoms with Crippen LogP contribution in [-0.2, 0) is 15.3 Å². The van der Waals surface area contributed by atoms with Crippen molar-refractivity contribution in [3.8, 4) is 0 Å². The van der Waals surface area contributed by atoms with Gasteiger partial charge < -0.3 is 10.1 Å². The lowest BCUT2D eigenvalue weighted by Crippen LogP contribution is -2.17. The molecule has 0 bridgehead atoms. The van der Waals surface area contributed by atoms with Crippen molar-refractivity contribution in [3.05, 3.63) is 69.8 Å². The number of nitro groups is 1. The summed E-state index contributed by atoms with van der Waals surface area (Å²) in [5, 5.41) is 13.4. The van der Waals surface area contributed by atoms with Gasteiger partial charge in [0.25, 0.3) is 5.69 Å². The minimum absolute atomic E-state index is 0.0227. The molecule has 2 rings (SSSR count). The number of hydrogen-bond donors (Lipinski definition) is 1. The third-order valence-corrected chi connectivity index (χ3v) is 4.23. The number of carbonyl (C=O) groups is 2. The smallest absolute Gasteiger partial charge is 0.339 e. The number of nitrogens with zero attached hydrogens (tertiary/aromatic N) is 1. The number of para-hydroxylation sites is 1. The Hall–Kier alpha value is -2.87. The maximum absolute atomic E-state index is 12.0. The van der Waals surface area contributed by atoms with E-state index >= 15 is 0 Å². The maximum atomic E-state index is 12.0. The molecule has 1 N–H and O–H groups in total. The van der Waals surface area contributed by atoms with Gasteiger partial charge in [-0.15, -0.1) is 11.8 Å². The third-order valence-electron chi connectivity index (χ3n) is 3.23. The Morgan fingerprint density at radius 1 is 1.20 bits per heavy atom. The molecule has 0 aliphatic heterocycles. The summed E-state index contributed by atoms with van der Waals surface area (Å²) in [6.45, 7) is 0. The molecule has 0 aromatic heterocycles. The van der Waals surface area contributed by atoms with Gasteiger partial charge in [0, 0.05) is 17.9 Å². The molecule has 2 aromatic carbocycles. The quantitative estimate of drug-likeness (QED) is 0.462.